The van der Waals surface area contributed by atoms with Crippen LogP contribution in [0.15, 0.2) is 42.5 Å². The fourth-order valence-electron chi connectivity index (χ4n) is 4.21. The van der Waals surface area contributed by atoms with E-state index in [2.05, 4.69) is 17.4 Å². The zero-order valence-corrected chi connectivity index (χ0v) is 19.4. The highest BCUT2D eigenvalue weighted by Gasteiger charge is 2.22. The van der Waals surface area contributed by atoms with Gasteiger partial charge in [0.25, 0.3) is 5.91 Å². The maximum absolute atomic E-state index is 13.1. The summed E-state index contributed by atoms with van der Waals surface area (Å²) in [4.78, 5) is 25.2. The molecule has 6 heteroatoms. The number of aliphatic hydroxyl groups is 1. The lowest BCUT2D eigenvalue weighted by molar-refractivity contribution is -0.145. The Morgan fingerprint density at radius 2 is 1.72 bits per heavy atom. The first-order valence-electron chi connectivity index (χ1n) is 11.1. The summed E-state index contributed by atoms with van der Waals surface area (Å²) >= 11 is 0. The SMILES string of the molecule is CCOC(=O)C(CC)c1ccc([C@@H](CO)NC(=O)c2cc3c(C)cc(C)cc3n2C)cc1. The summed E-state index contributed by atoms with van der Waals surface area (Å²) in [5, 5.41) is 13.9. The van der Waals surface area contributed by atoms with E-state index in [1.807, 2.05) is 62.7 Å². The number of nitrogens with zero attached hydrogens (tertiary/aromatic N) is 1. The smallest absolute Gasteiger partial charge is 0.313 e. The van der Waals surface area contributed by atoms with Gasteiger partial charge in [0.15, 0.2) is 0 Å². The molecule has 0 saturated carbocycles. The van der Waals surface area contributed by atoms with Crippen molar-refractivity contribution in [2.24, 2.45) is 7.05 Å². The van der Waals surface area contributed by atoms with Gasteiger partial charge in [-0.25, -0.2) is 0 Å². The van der Waals surface area contributed by atoms with Crippen LogP contribution >= 0.6 is 0 Å². The molecule has 2 atom stereocenters. The van der Waals surface area contributed by atoms with Gasteiger partial charge in [0.1, 0.15) is 5.69 Å². The number of fused-ring (bicyclic) bond motifs is 1. The van der Waals surface area contributed by atoms with Crippen molar-refractivity contribution in [1.29, 1.82) is 0 Å². The number of aryl methyl sites for hydroxylation is 3. The highest BCUT2D eigenvalue weighted by molar-refractivity contribution is 5.99. The summed E-state index contributed by atoms with van der Waals surface area (Å²) in [6.45, 7) is 7.92. The van der Waals surface area contributed by atoms with Crippen molar-refractivity contribution in [3.8, 4) is 0 Å². The number of carbonyl (C=O) groups excluding carboxylic acids is 2. The number of amides is 1. The van der Waals surface area contributed by atoms with E-state index in [1.54, 1.807) is 6.92 Å². The second kappa shape index (κ2) is 10.0. The van der Waals surface area contributed by atoms with E-state index in [9.17, 15) is 14.7 Å². The molecule has 0 fully saturated rings. The van der Waals surface area contributed by atoms with E-state index < -0.39 is 6.04 Å². The molecule has 170 valence electrons. The van der Waals surface area contributed by atoms with Gasteiger partial charge in [0, 0.05) is 18.0 Å². The molecule has 0 aliphatic rings. The largest absolute Gasteiger partial charge is 0.466 e. The molecule has 0 aliphatic carbocycles. The number of ether oxygens (including phenoxy) is 1. The Balaban J connectivity index is 1.81. The highest BCUT2D eigenvalue weighted by atomic mass is 16.5. The minimum absolute atomic E-state index is 0.234. The zero-order chi connectivity index (χ0) is 23.4. The van der Waals surface area contributed by atoms with Gasteiger partial charge in [0.2, 0.25) is 0 Å². The van der Waals surface area contributed by atoms with Crippen molar-refractivity contribution in [3.05, 3.63) is 70.4 Å². The van der Waals surface area contributed by atoms with Crippen molar-refractivity contribution in [2.75, 3.05) is 13.2 Å². The van der Waals surface area contributed by atoms with Gasteiger partial charge in [-0.3, -0.25) is 9.59 Å². The summed E-state index contributed by atoms with van der Waals surface area (Å²) in [6, 6.07) is 12.9. The number of aromatic nitrogens is 1. The van der Waals surface area contributed by atoms with Crippen LogP contribution in [0.3, 0.4) is 0 Å². The maximum Gasteiger partial charge on any atom is 0.313 e. The molecule has 0 bridgehead atoms. The molecule has 3 aromatic rings. The lowest BCUT2D eigenvalue weighted by Gasteiger charge is -2.19. The quantitative estimate of drug-likeness (QED) is 0.516. The number of esters is 1. The van der Waals surface area contributed by atoms with Gasteiger partial charge in [-0.15, -0.1) is 0 Å². The molecule has 2 aromatic carbocycles. The molecule has 0 saturated heterocycles. The molecular weight excluding hydrogens is 404 g/mol. The normalized spacial score (nSPS) is 13.1. The molecule has 0 radical (unpaired) electrons. The van der Waals surface area contributed by atoms with Gasteiger partial charge in [0.05, 0.1) is 25.2 Å². The molecule has 0 spiro atoms. The van der Waals surface area contributed by atoms with E-state index >= 15 is 0 Å². The van der Waals surface area contributed by atoms with E-state index in [-0.39, 0.29) is 24.4 Å². The minimum Gasteiger partial charge on any atom is -0.466 e. The van der Waals surface area contributed by atoms with Crippen molar-refractivity contribution in [3.63, 3.8) is 0 Å². The molecule has 1 unspecified atom stereocenters. The summed E-state index contributed by atoms with van der Waals surface area (Å²) in [7, 11) is 1.87. The van der Waals surface area contributed by atoms with Gasteiger partial charge < -0.3 is 19.7 Å². The topological polar surface area (TPSA) is 80.6 Å². The van der Waals surface area contributed by atoms with Crippen LogP contribution < -0.4 is 5.32 Å². The lowest BCUT2D eigenvalue weighted by atomic mass is 9.94. The molecule has 32 heavy (non-hydrogen) atoms. The Labute approximate surface area is 189 Å². The molecule has 0 aliphatic heterocycles. The summed E-state index contributed by atoms with van der Waals surface area (Å²) in [5.74, 6) is -0.813. The Kier molecular flexibility index (Phi) is 7.36. The number of nitrogens with one attached hydrogen (secondary N) is 1. The lowest BCUT2D eigenvalue weighted by Crippen LogP contribution is -2.32. The zero-order valence-electron chi connectivity index (χ0n) is 19.4. The van der Waals surface area contributed by atoms with E-state index in [1.165, 1.54) is 0 Å². The number of aliphatic hydroxyl groups excluding tert-OH is 1. The Morgan fingerprint density at radius 3 is 2.31 bits per heavy atom. The van der Waals surface area contributed by atoms with Crippen molar-refractivity contribution in [1.82, 2.24) is 9.88 Å². The van der Waals surface area contributed by atoms with Gasteiger partial charge in [-0.2, -0.15) is 0 Å². The predicted molar refractivity (Wildman–Crippen MR) is 126 cm³/mol. The van der Waals surface area contributed by atoms with Gasteiger partial charge in [-0.1, -0.05) is 37.3 Å². The molecule has 1 amide bonds. The number of benzene rings is 2. The average molecular weight is 437 g/mol. The maximum atomic E-state index is 13.1. The van der Waals surface area contributed by atoms with Crippen LogP contribution in [0.25, 0.3) is 10.9 Å². The third-order valence-corrected chi connectivity index (χ3v) is 5.95. The fraction of sp³-hybridized carbons (Fsp3) is 0.385. The van der Waals surface area contributed by atoms with E-state index in [0.29, 0.717) is 18.7 Å². The van der Waals surface area contributed by atoms with Crippen LogP contribution in [0.2, 0.25) is 0 Å². The fourth-order valence-corrected chi connectivity index (χ4v) is 4.21. The Hall–Kier alpha value is -3.12. The standard InChI is InChI=1S/C26H32N2O4/c1-6-20(26(31)32-7-2)18-8-10-19(11-9-18)22(15-29)27-25(30)24-14-21-17(4)12-16(3)13-23(21)28(24)5/h8-14,20,22,29H,6-7,15H2,1-5H3,(H,27,30)/t20?,22-/m1/s1. The van der Waals surface area contributed by atoms with Crippen LogP contribution in [-0.2, 0) is 16.6 Å². The number of hydrogen-bond acceptors (Lipinski definition) is 4. The number of rotatable bonds is 8. The highest BCUT2D eigenvalue weighted by Crippen LogP contribution is 2.26. The molecule has 2 N–H and O–H groups in total. The van der Waals surface area contributed by atoms with Gasteiger partial charge >= 0.3 is 5.97 Å². The van der Waals surface area contributed by atoms with Crippen molar-refractivity contribution >= 4 is 22.8 Å². The van der Waals surface area contributed by atoms with E-state index in [0.717, 1.165) is 33.2 Å². The van der Waals surface area contributed by atoms with Crippen LogP contribution in [0.1, 0.15) is 65.0 Å². The third kappa shape index (κ3) is 4.70. The van der Waals surface area contributed by atoms with Crippen LogP contribution in [0.4, 0.5) is 0 Å². The second-order valence-corrected chi connectivity index (χ2v) is 8.19. The average Bonchev–Trinajstić information content (AvgIpc) is 3.10. The monoisotopic (exact) mass is 436 g/mol. The minimum atomic E-state index is -0.555. The first-order chi connectivity index (χ1) is 15.3. The molecule has 1 aromatic heterocycles. The first-order valence-corrected chi connectivity index (χ1v) is 11.1. The van der Waals surface area contributed by atoms with Crippen LogP contribution in [0.5, 0.6) is 0 Å². The Morgan fingerprint density at radius 1 is 1.06 bits per heavy atom. The summed E-state index contributed by atoms with van der Waals surface area (Å²) in [5.41, 5.74) is 5.44. The van der Waals surface area contributed by atoms with Crippen molar-refractivity contribution in [2.45, 2.75) is 46.1 Å². The predicted octanol–water partition coefficient (Wildman–Crippen LogP) is 4.32. The van der Waals surface area contributed by atoms with Crippen LogP contribution in [0, 0.1) is 13.8 Å². The second-order valence-electron chi connectivity index (χ2n) is 8.19. The molecule has 6 nitrogen and oxygen atoms in total. The van der Waals surface area contributed by atoms with Gasteiger partial charge in [-0.05, 0) is 61.6 Å². The van der Waals surface area contributed by atoms with Crippen LogP contribution in [-0.4, -0.2) is 34.8 Å². The first kappa shape index (κ1) is 23.5. The molecule has 3 rings (SSSR count). The number of carbonyl (C=O) groups is 2. The van der Waals surface area contributed by atoms with E-state index in [4.69, 9.17) is 4.74 Å². The number of hydrogen-bond donors (Lipinski definition) is 2. The summed E-state index contributed by atoms with van der Waals surface area (Å²) < 4.78 is 7.05. The van der Waals surface area contributed by atoms with Crippen molar-refractivity contribution < 1.29 is 19.4 Å². The third-order valence-electron chi connectivity index (χ3n) is 5.95. The molecular formula is C26H32N2O4. The Bertz CT molecular complexity index is 1120. The molecule has 1 heterocycles. The summed E-state index contributed by atoms with van der Waals surface area (Å²) in [6.07, 6.45) is 0.637.